The summed E-state index contributed by atoms with van der Waals surface area (Å²) in [6, 6.07) is 5.74. The quantitative estimate of drug-likeness (QED) is 0.769. The van der Waals surface area contributed by atoms with E-state index < -0.39 is 5.82 Å². The van der Waals surface area contributed by atoms with Gasteiger partial charge in [0.1, 0.15) is 5.82 Å². The lowest BCUT2D eigenvalue weighted by Gasteiger charge is -2.07. The van der Waals surface area contributed by atoms with Gasteiger partial charge in [-0.3, -0.25) is 4.40 Å². The van der Waals surface area contributed by atoms with Gasteiger partial charge in [-0.2, -0.15) is 10.2 Å². The number of anilines is 1. The lowest BCUT2D eigenvalue weighted by atomic mass is 10.2. The maximum Gasteiger partial charge on any atom is 0.265 e. The maximum absolute atomic E-state index is 13.8. The molecule has 0 aliphatic carbocycles. The van der Waals surface area contributed by atoms with E-state index in [4.69, 9.17) is 15.7 Å². The summed E-state index contributed by atoms with van der Waals surface area (Å²) < 4.78 is 20.8. The minimum atomic E-state index is -0.655. The average Bonchev–Trinajstić information content (AvgIpc) is 2.89. The molecule has 3 rings (SSSR count). The van der Waals surface area contributed by atoms with Gasteiger partial charge in [-0.1, -0.05) is 0 Å². The van der Waals surface area contributed by atoms with E-state index in [1.54, 1.807) is 23.0 Å². The standard InChI is InChI=1S/C13H8FN5O/c14-9-5-8(6-15)1-2-10(9)20-13-12-17-3-4-19(12)7-11(16)18-13/h1-5,7H,16H2. The van der Waals surface area contributed by atoms with Crippen LogP contribution in [0.5, 0.6) is 11.6 Å². The molecule has 0 saturated heterocycles. The zero-order valence-electron chi connectivity index (χ0n) is 10.1. The number of aromatic nitrogens is 3. The van der Waals surface area contributed by atoms with Crippen LogP contribution in [-0.2, 0) is 0 Å². The second-order valence-electron chi connectivity index (χ2n) is 3.99. The fourth-order valence-corrected chi connectivity index (χ4v) is 1.75. The molecule has 0 saturated carbocycles. The molecule has 0 amide bonds. The molecule has 1 aromatic carbocycles. The smallest absolute Gasteiger partial charge is 0.265 e. The predicted molar refractivity (Wildman–Crippen MR) is 68.6 cm³/mol. The van der Waals surface area contributed by atoms with Gasteiger partial charge in [0, 0.05) is 12.4 Å². The molecule has 0 aliphatic heterocycles. The Morgan fingerprint density at radius 1 is 1.40 bits per heavy atom. The van der Waals surface area contributed by atoms with Crippen LogP contribution in [0.1, 0.15) is 5.56 Å². The molecule has 6 nitrogen and oxygen atoms in total. The van der Waals surface area contributed by atoms with Crippen molar-refractivity contribution >= 4 is 11.5 Å². The first-order chi connectivity index (χ1) is 9.67. The van der Waals surface area contributed by atoms with Gasteiger partial charge in [0.15, 0.2) is 11.6 Å². The highest BCUT2D eigenvalue weighted by atomic mass is 19.1. The Morgan fingerprint density at radius 3 is 3.00 bits per heavy atom. The summed E-state index contributed by atoms with van der Waals surface area (Å²) in [5.74, 6) is -0.386. The Bertz CT molecular complexity index is 836. The first kappa shape index (κ1) is 11.9. The van der Waals surface area contributed by atoms with Gasteiger partial charge in [0.05, 0.1) is 17.8 Å². The molecule has 0 radical (unpaired) electrons. The van der Waals surface area contributed by atoms with Crippen LogP contribution in [0, 0.1) is 17.1 Å². The van der Waals surface area contributed by atoms with Crippen LogP contribution in [0.3, 0.4) is 0 Å². The van der Waals surface area contributed by atoms with E-state index in [1.165, 1.54) is 12.1 Å². The molecule has 20 heavy (non-hydrogen) atoms. The van der Waals surface area contributed by atoms with Crippen LogP contribution < -0.4 is 10.5 Å². The third-order valence-electron chi connectivity index (χ3n) is 2.63. The molecular weight excluding hydrogens is 261 g/mol. The highest BCUT2D eigenvalue weighted by molar-refractivity contribution is 5.54. The van der Waals surface area contributed by atoms with Crippen LogP contribution in [-0.4, -0.2) is 14.4 Å². The van der Waals surface area contributed by atoms with Crippen LogP contribution in [0.25, 0.3) is 5.65 Å². The number of nitrogens with two attached hydrogens (primary N) is 1. The van der Waals surface area contributed by atoms with Crippen molar-refractivity contribution in [2.45, 2.75) is 0 Å². The summed E-state index contributed by atoms with van der Waals surface area (Å²) in [6.45, 7) is 0. The average molecular weight is 269 g/mol. The van der Waals surface area contributed by atoms with Crippen molar-refractivity contribution < 1.29 is 9.13 Å². The van der Waals surface area contributed by atoms with Crippen molar-refractivity contribution in [3.8, 4) is 17.7 Å². The molecule has 7 heteroatoms. The number of fused-ring (bicyclic) bond motifs is 1. The molecule has 0 fully saturated rings. The number of nitrogens with zero attached hydrogens (tertiary/aromatic N) is 4. The Labute approximate surface area is 112 Å². The first-order valence-corrected chi connectivity index (χ1v) is 5.64. The van der Waals surface area contributed by atoms with Crippen molar-refractivity contribution in [3.63, 3.8) is 0 Å². The Morgan fingerprint density at radius 2 is 2.25 bits per heavy atom. The molecule has 0 bridgehead atoms. The number of hydrogen-bond donors (Lipinski definition) is 1. The van der Waals surface area contributed by atoms with Crippen LogP contribution in [0.4, 0.5) is 10.2 Å². The SMILES string of the molecule is N#Cc1ccc(Oc2nc(N)cn3ccnc23)c(F)c1. The lowest BCUT2D eigenvalue weighted by molar-refractivity contribution is 0.430. The van der Waals surface area contributed by atoms with E-state index in [1.807, 2.05) is 6.07 Å². The zero-order chi connectivity index (χ0) is 14.1. The Balaban J connectivity index is 2.05. The summed E-state index contributed by atoms with van der Waals surface area (Å²) in [5.41, 5.74) is 6.27. The number of halogens is 1. The van der Waals surface area contributed by atoms with E-state index in [9.17, 15) is 4.39 Å². The molecule has 0 aliphatic rings. The third kappa shape index (κ3) is 1.99. The van der Waals surface area contributed by atoms with Crippen LogP contribution in [0.2, 0.25) is 0 Å². The third-order valence-corrected chi connectivity index (χ3v) is 2.63. The van der Waals surface area contributed by atoms with Gasteiger partial charge < -0.3 is 10.5 Å². The van der Waals surface area contributed by atoms with Crippen LogP contribution in [0.15, 0.2) is 36.8 Å². The highest BCUT2D eigenvalue weighted by Gasteiger charge is 2.12. The molecule has 0 atom stereocenters. The Kier molecular flexibility index (Phi) is 2.69. The van der Waals surface area contributed by atoms with Gasteiger partial charge in [0.25, 0.3) is 5.88 Å². The number of hydrogen-bond acceptors (Lipinski definition) is 5. The van der Waals surface area contributed by atoms with Crippen molar-refractivity contribution in [2.75, 3.05) is 5.73 Å². The van der Waals surface area contributed by atoms with E-state index in [2.05, 4.69) is 9.97 Å². The van der Waals surface area contributed by atoms with Gasteiger partial charge in [-0.15, -0.1) is 0 Å². The van der Waals surface area contributed by atoms with E-state index >= 15 is 0 Å². The lowest BCUT2D eigenvalue weighted by Crippen LogP contribution is -2.00. The van der Waals surface area contributed by atoms with Crippen molar-refractivity contribution in [2.24, 2.45) is 0 Å². The first-order valence-electron chi connectivity index (χ1n) is 5.64. The summed E-state index contributed by atoms with van der Waals surface area (Å²) in [7, 11) is 0. The van der Waals surface area contributed by atoms with Gasteiger partial charge >= 0.3 is 0 Å². The van der Waals surface area contributed by atoms with Crippen molar-refractivity contribution in [1.29, 1.82) is 5.26 Å². The molecule has 2 heterocycles. The number of rotatable bonds is 2. The molecule has 2 N–H and O–H groups in total. The number of imidazole rings is 1. The monoisotopic (exact) mass is 269 g/mol. The fourth-order valence-electron chi connectivity index (χ4n) is 1.75. The highest BCUT2D eigenvalue weighted by Crippen LogP contribution is 2.27. The molecule has 0 unspecified atom stereocenters. The van der Waals surface area contributed by atoms with E-state index in [-0.39, 0.29) is 23.0 Å². The minimum absolute atomic E-state index is 0.0491. The largest absolute Gasteiger partial charge is 0.433 e. The molecular formula is C13H8FN5O. The number of benzene rings is 1. The molecule has 2 aromatic heterocycles. The van der Waals surface area contributed by atoms with Crippen LogP contribution >= 0.6 is 0 Å². The van der Waals surface area contributed by atoms with Gasteiger partial charge in [-0.05, 0) is 18.2 Å². The summed E-state index contributed by atoms with van der Waals surface area (Å²) in [4.78, 5) is 8.06. The maximum atomic E-state index is 13.8. The van der Waals surface area contributed by atoms with Crippen molar-refractivity contribution in [3.05, 3.63) is 48.2 Å². The van der Waals surface area contributed by atoms with E-state index in [0.717, 1.165) is 6.07 Å². The fraction of sp³-hybridized carbons (Fsp3) is 0. The normalized spacial score (nSPS) is 10.4. The second kappa shape index (κ2) is 4.51. The van der Waals surface area contributed by atoms with E-state index in [0.29, 0.717) is 5.65 Å². The Hall–Kier alpha value is -3.14. The molecule has 98 valence electrons. The summed E-state index contributed by atoms with van der Waals surface area (Å²) >= 11 is 0. The molecule has 3 aromatic rings. The summed E-state index contributed by atoms with van der Waals surface area (Å²) in [5, 5.41) is 8.69. The zero-order valence-corrected chi connectivity index (χ0v) is 10.1. The number of nitriles is 1. The van der Waals surface area contributed by atoms with Gasteiger partial charge in [0.2, 0.25) is 5.65 Å². The second-order valence-corrected chi connectivity index (χ2v) is 3.99. The van der Waals surface area contributed by atoms with Crippen molar-refractivity contribution in [1.82, 2.24) is 14.4 Å². The van der Waals surface area contributed by atoms with Gasteiger partial charge in [-0.25, -0.2) is 9.37 Å². The topological polar surface area (TPSA) is 89.2 Å². The minimum Gasteiger partial charge on any atom is -0.433 e. The summed E-state index contributed by atoms with van der Waals surface area (Å²) in [6.07, 6.45) is 4.80. The number of ether oxygens (including phenoxy) is 1. The number of nitrogen functional groups attached to an aromatic ring is 1. The predicted octanol–water partition coefficient (Wildman–Crippen LogP) is 2.11. The molecule has 0 spiro atoms.